The van der Waals surface area contributed by atoms with Crippen molar-refractivity contribution in [1.29, 1.82) is 0 Å². The Balaban J connectivity index is 0.000000309. The molecule has 1 N–H and O–H groups in total. The smallest absolute Gasteiger partial charge is 0.294 e. The van der Waals surface area contributed by atoms with E-state index in [0.29, 0.717) is 12.3 Å². The van der Waals surface area contributed by atoms with Crippen molar-refractivity contribution in [3.8, 4) is 11.1 Å². The van der Waals surface area contributed by atoms with E-state index in [1.54, 1.807) is 12.1 Å². The van der Waals surface area contributed by atoms with Crippen molar-refractivity contribution in [1.82, 2.24) is 4.90 Å². The first-order chi connectivity index (χ1) is 21.6. The zero-order valence-corrected chi connectivity index (χ0v) is 26.9. The lowest BCUT2D eigenvalue weighted by molar-refractivity contribution is -0.118. The standard InChI is InChI=1S/C31H32N2O.C7H8O3S/c1-32(2)21-24-19-29-9-5-6-10-30(29)33(22-24)31(34)18-13-23-11-14-26(15-12-23)28-17-16-25-7-3-4-8-27(25)20-28;1-6-2-4-7(5-3-6)11(8,9)10/h3-12,14-17,20,24H,13,18-19,21-22H2,1-2H3;2-5H,1H3,(H,8,9,10). The molecule has 0 spiro atoms. The van der Waals surface area contributed by atoms with E-state index in [9.17, 15) is 13.2 Å². The van der Waals surface area contributed by atoms with Crippen LogP contribution in [0, 0.1) is 12.8 Å². The molecule has 0 radical (unpaired) electrons. The van der Waals surface area contributed by atoms with Crippen molar-refractivity contribution in [3.05, 3.63) is 132 Å². The molecule has 1 unspecified atom stereocenters. The van der Waals surface area contributed by atoms with Gasteiger partial charge < -0.3 is 9.80 Å². The maximum absolute atomic E-state index is 13.3. The van der Waals surface area contributed by atoms with E-state index in [2.05, 4.69) is 104 Å². The molecule has 0 fully saturated rings. The lowest BCUT2D eigenvalue weighted by Crippen LogP contribution is -2.43. The molecular weight excluding hydrogens is 580 g/mol. The molecule has 5 aromatic carbocycles. The van der Waals surface area contributed by atoms with E-state index in [4.69, 9.17) is 4.55 Å². The average molecular weight is 621 g/mol. The normalized spacial score (nSPS) is 14.5. The van der Waals surface area contributed by atoms with E-state index in [1.165, 1.54) is 45.2 Å². The van der Waals surface area contributed by atoms with Gasteiger partial charge in [-0.25, -0.2) is 0 Å². The Hall–Kier alpha value is -4.30. The number of benzene rings is 5. The van der Waals surface area contributed by atoms with Crippen molar-refractivity contribution in [2.75, 3.05) is 32.1 Å². The summed E-state index contributed by atoms with van der Waals surface area (Å²) in [6, 6.07) is 38.1. The topological polar surface area (TPSA) is 77.9 Å². The zero-order valence-electron chi connectivity index (χ0n) is 26.1. The van der Waals surface area contributed by atoms with Gasteiger partial charge in [-0.05, 0) is 97.1 Å². The van der Waals surface area contributed by atoms with Gasteiger partial charge in [-0.15, -0.1) is 0 Å². The first-order valence-electron chi connectivity index (χ1n) is 15.2. The molecule has 6 nitrogen and oxygen atoms in total. The van der Waals surface area contributed by atoms with Crippen LogP contribution in [0.1, 0.15) is 23.1 Å². The number of anilines is 1. The fraction of sp³-hybridized carbons (Fsp3) is 0.237. The van der Waals surface area contributed by atoms with Gasteiger partial charge in [0.05, 0.1) is 4.90 Å². The molecule has 0 aliphatic carbocycles. The predicted molar refractivity (Wildman–Crippen MR) is 183 cm³/mol. The Bertz CT molecular complexity index is 1870. The van der Waals surface area contributed by atoms with E-state index in [1.807, 2.05) is 17.9 Å². The molecule has 1 aliphatic heterocycles. The molecule has 0 aromatic heterocycles. The third kappa shape index (κ3) is 8.45. The van der Waals surface area contributed by atoms with Gasteiger partial charge in [0, 0.05) is 25.2 Å². The highest BCUT2D eigenvalue weighted by atomic mass is 32.2. The van der Waals surface area contributed by atoms with E-state index in [-0.39, 0.29) is 10.8 Å². The molecule has 1 heterocycles. The number of amides is 1. The average Bonchev–Trinajstić information content (AvgIpc) is 3.03. The highest BCUT2D eigenvalue weighted by Crippen LogP contribution is 2.31. The Kier molecular flexibility index (Phi) is 10.1. The second-order valence-electron chi connectivity index (χ2n) is 12.0. The minimum atomic E-state index is -4.02. The van der Waals surface area contributed by atoms with E-state index in [0.717, 1.165) is 37.2 Å². The van der Waals surface area contributed by atoms with Crippen LogP contribution >= 0.6 is 0 Å². The van der Waals surface area contributed by atoms with E-state index >= 15 is 0 Å². The van der Waals surface area contributed by atoms with Crippen molar-refractivity contribution in [3.63, 3.8) is 0 Å². The number of carbonyl (C=O) groups is 1. The number of nitrogens with zero attached hydrogens (tertiary/aromatic N) is 2. The third-order valence-electron chi connectivity index (χ3n) is 8.14. The summed E-state index contributed by atoms with van der Waals surface area (Å²) in [4.78, 5) is 17.5. The second-order valence-corrected chi connectivity index (χ2v) is 13.4. The van der Waals surface area contributed by atoms with Gasteiger partial charge in [0.1, 0.15) is 0 Å². The molecule has 1 atom stereocenters. The number of fused-ring (bicyclic) bond motifs is 2. The van der Waals surface area contributed by atoms with Crippen LogP contribution < -0.4 is 4.90 Å². The lowest BCUT2D eigenvalue weighted by atomic mass is 9.91. The summed E-state index contributed by atoms with van der Waals surface area (Å²) in [5, 5.41) is 2.51. The quantitative estimate of drug-likeness (QED) is 0.191. The number of carbonyl (C=O) groups excluding carboxylic acids is 1. The van der Waals surface area contributed by atoms with Crippen molar-refractivity contribution >= 4 is 32.5 Å². The van der Waals surface area contributed by atoms with Crippen molar-refractivity contribution in [2.24, 2.45) is 5.92 Å². The first-order valence-corrected chi connectivity index (χ1v) is 16.7. The fourth-order valence-electron chi connectivity index (χ4n) is 5.88. The highest BCUT2D eigenvalue weighted by molar-refractivity contribution is 7.85. The minimum absolute atomic E-state index is 0.0666. The molecular formula is C38H40N2O4S. The molecule has 5 aromatic rings. The molecule has 45 heavy (non-hydrogen) atoms. The van der Waals surface area contributed by atoms with Gasteiger partial charge in [0.2, 0.25) is 5.91 Å². The highest BCUT2D eigenvalue weighted by Gasteiger charge is 2.28. The fourth-order valence-corrected chi connectivity index (χ4v) is 6.36. The number of hydrogen-bond acceptors (Lipinski definition) is 4. The van der Waals surface area contributed by atoms with Gasteiger partial charge >= 0.3 is 0 Å². The maximum atomic E-state index is 13.3. The van der Waals surface area contributed by atoms with Crippen molar-refractivity contribution in [2.45, 2.75) is 31.1 Å². The SMILES string of the molecule is CN(C)CC1Cc2ccccc2N(C(=O)CCc2ccc(-c3ccc4ccccc4c3)cc2)C1.Cc1ccc(S(=O)(=O)O)cc1. The minimum Gasteiger partial charge on any atom is -0.312 e. The van der Waals surface area contributed by atoms with Crippen LogP contribution in [-0.4, -0.2) is 51.0 Å². The number of para-hydroxylation sites is 1. The molecule has 232 valence electrons. The Morgan fingerprint density at radius 2 is 1.47 bits per heavy atom. The van der Waals surface area contributed by atoms with Crippen LogP contribution in [-0.2, 0) is 27.8 Å². The molecule has 0 saturated heterocycles. The summed E-state index contributed by atoms with van der Waals surface area (Å²) in [6.07, 6.45) is 2.32. The lowest BCUT2D eigenvalue weighted by Gasteiger charge is -2.36. The number of aryl methyl sites for hydroxylation is 2. The maximum Gasteiger partial charge on any atom is 0.294 e. The Morgan fingerprint density at radius 3 is 2.16 bits per heavy atom. The summed E-state index contributed by atoms with van der Waals surface area (Å²) in [6.45, 7) is 3.64. The molecule has 1 aliphatic rings. The zero-order chi connectivity index (χ0) is 32.0. The third-order valence-corrected chi connectivity index (χ3v) is 9.01. The summed E-state index contributed by atoms with van der Waals surface area (Å²) in [7, 11) is 0.191. The molecule has 7 heteroatoms. The van der Waals surface area contributed by atoms with Gasteiger partial charge in [0.15, 0.2) is 0 Å². The van der Waals surface area contributed by atoms with Crippen LogP contribution in [0.3, 0.4) is 0 Å². The monoisotopic (exact) mass is 620 g/mol. The van der Waals surface area contributed by atoms with Gasteiger partial charge in [0.25, 0.3) is 10.1 Å². The van der Waals surface area contributed by atoms with Crippen molar-refractivity contribution < 1.29 is 17.8 Å². The Morgan fingerprint density at radius 1 is 0.822 bits per heavy atom. The van der Waals surface area contributed by atoms with Crippen LogP contribution in [0.25, 0.3) is 21.9 Å². The summed E-state index contributed by atoms with van der Waals surface area (Å²) >= 11 is 0. The van der Waals surface area contributed by atoms with E-state index < -0.39 is 10.1 Å². The predicted octanol–water partition coefficient (Wildman–Crippen LogP) is 7.45. The molecule has 1 amide bonds. The van der Waals surface area contributed by atoms with Gasteiger partial charge in [-0.1, -0.05) is 96.6 Å². The summed E-state index contributed by atoms with van der Waals surface area (Å²) < 4.78 is 29.6. The largest absolute Gasteiger partial charge is 0.312 e. The molecule has 0 bridgehead atoms. The number of hydrogen-bond donors (Lipinski definition) is 1. The van der Waals surface area contributed by atoms with Crippen LogP contribution in [0.2, 0.25) is 0 Å². The summed E-state index contributed by atoms with van der Waals surface area (Å²) in [5.74, 6) is 0.685. The first kappa shape index (κ1) is 32.1. The second kappa shape index (κ2) is 14.2. The Labute approximate surface area is 266 Å². The van der Waals surface area contributed by atoms with Crippen LogP contribution in [0.5, 0.6) is 0 Å². The van der Waals surface area contributed by atoms with Crippen LogP contribution in [0.4, 0.5) is 5.69 Å². The van der Waals surface area contributed by atoms with Gasteiger partial charge in [-0.3, -0.25) is 9.35 Å². The van der Waals surface area contributed by atoms with Gasteiger partial charge in [-0.2, -0.15) is 8.42 Å². The molecule has 0 saturated carbocycles. The van der Waals surface area contributed by atoms with Crippen LogP contribution in [0.15, 0.2) is 120 Å². The summed E-state index contributed by atoms with van der Waals surface area (Å²) in [5.41, 5.74) is 6.96. The number of rotatable bonds is 7. The molecule has 6 rings (SSSR count).